The van der Waals surface area contributed by atoms with E-state index in [2.05, 4.69) is 15.6 Å². The van der Waals surface area contributed by atoms with E-state index < -0.39 is 9.84 Å². The van der Waals surface area contributed by atoms with Gasteiger partial charge in [0.15, 0.2) is 15.8 Å². The van der Waals surface area contributed by atoms with Gasteiger partial charge in [-0.1, -0.05) is 12.1 Å². The van der Waals surface area contributed by atoms with Crippen LogP contribution in [0.25, 0.3) is 0 Å². The van der Waals surface area contributed by atoms with Crippen LogP contribution in [0.5, 0.6) is 0 Å². The van der Waals surface area contributed by atoms with Crippen molar-refractivity contribution in [3.63, 3.8) is 0 Å². The number of benzene rings is 1. The van der Waals surface area contributed by atoms with Gasteiger partial charge >= 0.3 is 0 Å². The fourth-order valence-corrected chi connectivity index (χ4v) is 3.09. The van der Waals surface area contributed by atoms with Crippen LogP contribution in [0.3, 0.4) is 0 Å². The van der Waals surface area contributed by atoms with Crippen LogP contribution < -0.4 is 10.6 Å². The van der Waals surface area contributed by atoms with Crippen LogP contribution in [0.4, 0.5) is 0 Å². The van der Waals surface area contributed by atoms with Crippen LogP contribution in [-0.2, 0) is 21.0 Å². The predicted octanol–water partition coefficient (Wildman–Crippen LogP) is 2.62. The zero-order valence-corrected chi connectivity index (χ0v) is 19.4. The molecule has 1 aromatic rings. The molecule has 1 aromatic carbocycles. The van der Waals surface area contributed by atoms with E-state index >= 15 is 0 Å². The molecule has 27 heavy (non-hydrogen) atoms. The van der Waals surface area contributed by atoms with Gasteiger partial charge in [0.05, 0.1) is 4.90 Å². The molecule has 1 aliphatic rings. The Labute approximate surface area is 180 Å². The minimum Gasteiger partial charge on any atom is -0.381 e. The molecular formula is C19H32IN3O3S. The Bertz CT molecular complexity index is 674. The Morgan fingerprint density at radius 1 is 1.22 bits per heavy atom. The number of rotatable bonds is 11. The lowest BCUT2D eigenvalue weighted by Gasteiger charge is -2.11. The lowest BCUT2D eigenvalue weighted by molar-refractivity contribution is 0.123. The third-order valence-corrected chi connectivity index (χ3v) is 5.30. The third-order valence-electron chi connectivity index (χ3n) is 4.17. The molecule has 0 atom stereocenters. The lowest BCUT2D eigenvalue weighted by Crippen LogP contribution is -2.38. The molecule has 0 spiro atoms. The molecule has 0 bridgehead atoms. The van der Waals surface area contributed by atoms with E-state index in [0.29, 0.717) is 4.90 Å². The van der Waals surface area contributed by atoms with Crippen molar-refractivity contribution in [1.29, 1.82) is 0 Å². The monoisotopic (exact) mass is 509 g/mol. The highest BCUT2D eigenvalue weighted by molar-refractivity contribution is 14.0. The second-order valence-corrected chi connectivity index (χ2v) is 8.74. The van der Waals surface area contributed by atoms with Gasteiger partial charge in [-0.15, -0.1) is 24.0 Å². The zero-order chi connectivity index (χ0) is 18.8. The average Bonchev–Trinajstić information content (AvgIpc) is 3.42. The van der Waals surface area contributed by atoms with Gasteiger partial charge < -0.3 is 15.4 Å². The summed E-state index contributed by atoms with van der Waals surface area (Å²) in [6.45, 7) is 6.00. The summed E-state index contributed by atoms with van der Waals surface area (Å²) in [5, 5.41) is 6.55. The fraction of sp³-hybridized carbons (Fsp3) is 0.632. The summed E-state index contributed by atoms with van der Waals surface area (Å²) in [5.41, 5.74) is 1.09. The summed E-state index contributed by atoms with van der Waals surface area (Å²) >= 11 is 0. The molecule has 0 aliphatic heterocycles. The first-order chi connectivity index (χ1) is 12.5. The van der Waals surface area contributed by atoms with E-state index in [1.807, 2.05) is 19.1 Å². The molecule has 0 unspecified atom stereocenters. The molecule has 154 valence electrons. The molecule has 0 amide bonds. The van der Waals surface area contributed by atoms with Crippen LogP contribution in [0.15, 0.2) is 34.2 Å². The van der Waals surface area contributed by atoms with Gasteiger partial charge in [-0.3, -0.25) is 4.99 Å². The first kappa shape index (κ1) is 24.2. The molecule has 1 fully saturated rings. The van der Waals surface area contributed by atoms with E-state index in [9.17, 15) is 8.42 Å². The highest BCUT2D eigenvalue weighted by Gasteiger charge is 2.20. The maximum Gasteiger partial charge on any atom is 0.191 e. The molecule has 1 saturated carbocycles. The van der Waals surface area contributed by atoms with Crippen molar-refractivity contribution >= 4 is 39.8 Å². The fourth-order valence-electron chi connectivity index (χ4n) is 2.46. The molecule has 0 heterocycles. The molecule has 0 radical (unpaired) electrons. The quantitative estimate of drug-likeness (QED) is 0.208. The topological polar surface area (TPSA) is 79.8 Å². The Hall–Kier alpha value is -0.870. The van der Waals surface area contributed by atoms with Crippen LogP contribution in [0.2, 0.25) is 0 Å². The van der Waals surface area contributed by atoms with E-state index in [1.54, 1.807) is 12.1 Å². The SMILES string of the molecule is CCNC(=NCCCOCC1CC1)NCCc1ccc(S(C)(=O)=O)cc1.I. The first-order valence-electron chi connectivity index (χ1n) is 9.38. The number of nitrogens with zero attached hydrogens (tertiary/aromatic N) is 1. The van der Waals surface area contributed by atoms with Crippen LogP contribution in [0.1, 0.15) is 31.7 Å². The number of hydrogen-bond donors (Lipinski definition) is 2. The maximum atomic E-state index is 11.5. The number of ether oxygens (including phenoxy) is 1. The van der Waals surface area contributed by atoms with Crippen molar-refractivity contribution in [3.05, 3.63) is 29.8 Å². The number of halogens is 1. The number of aliphatic imine (C=N–C) groups is 1. The van der Waals surface area contributed by atoms with Gasteiger partial charge in [0, 0.05) is 39.1 Å². The van der Waals surface area contributed by atoms with E-state index in [1.165, 1.54) is 19.1 Å². The normalized spacial score (nSPS) is 14.5. The van der Waals surface area contributed by atoms with Gasteiger partial charge in [-0.2, -0.15) is 0 Å². The summed E-state index contributed by atoms with van der Waals surface area (Å²) < 4.78 is 28.6. The summed E-state index contributed by atoms with van der Waals surface area (Å²) in [6.07, 6.45) is 5.60. The second-order valence-electron chi connectivity index (χ2n) is 6.73. The van der Waals surface area contributed by atoms with Crippen molar-refractivity contribution in [2.45, 2.75) is 37.5 Å². The highest BCUT2D eigenvalue weighted by Crippen LogP contribution is 2.28. The Morgan fingerprint density at radius 3 is 2.52 bits per heavy atom. The summed E-state index contributed by atoms with van der Waals surface area (Å²) in [7, 11) is -3.13. The maximum absolute atomic E-state index is 11.5. The van der Waals surface area contributed by atoms with Gasteiger partial charge in [-0.25, -0.2) is 8.42 Å². The Kier molecular flexibility index (Phi) is 11.2. The molecule has 0 aromatic heterocycles. The summed E-state index contributed by atoms with van der Waals surface area (Å²) in [6, 6.07) is 7.04. The van der Waals surface area contributed by atoms with Crippen molar-refractivity contribution < 1.29 is 13.2 Å². The van der Waals surface area contributed by atoms with Crippen LogP contribution >= 0.6 is 24.0 Å². The molecule has 2 rings (SSSR count). The summed E-state index contributed by atoms with van der Waals surface area (Å²) in [5.74, 6) is 1.62. The number of nitrogens with one attached hydrogen (secondary N) is 2. The predicted molar refractivity (Wildman–Crippen MR) is 121 cm³/mol. The van der Waals surface area contributed by atoms with Gasteiger partial charge in [0.1, 0.15) is 0 Å². The molecule has 1 aliphatic carbocycles. The standard InChI is InChI=1S/C19H31N3O3S.HI/c1-3-20-19(21-12-4-14-25-15-17-5-6-17)22-13-11-16-7-9-18(10-8-16)26(2,23)24;/h7-10,17H,3-6,11-15H2,1-2H3,(H2,20,21,22);1H. The highest BCUT2D eigenvalue weighted by atomic mass is 127. The molecule has 0 saturated heterocycles. The Morgan fingerprint density at radius 2 is 1.93 bits per heavy atom. The van der Waals surface area contributed by atoms with Gasteiger partial charge in [-0.05, 0) is 56.2 Å². The van der Waals surface area contributed by atoms with Crippen molar-refractivity contribution in [3.8, 4) is 0 Å². The Balaban J connectivity index is 0.00000364. The lowest BCUT2D eigenvalue weighted by atomic mass is 10.1. The second kappa shape index (κ2) is 12.6. The van der Waals surface area contributed by atoms with Crippen molar-refractivity contribution in [2.75, 3.05) is 39.1 Å². The minimum absolute atomic E-state index is 0. The number of guanidine groups is 1. The van der Waals surface area contributed by atoms with Crippen molar-refractivity contribution in [2.24, 2.45) is 10.9 Å². The number of hydrogen-bond acceptors (Lipinski definition) is 4. The van der Waals surface area contributed by atoms with Crippen LogP contribution in [-0.4, -0.2) is 53.5 Å². The largest absolute Gasteiger partial charge is 0.381 e. The molecular weight excluding hydrogens is 477 g/mol. The van der Waals surface area contributed by atoms with Gasteiger partial charge in [0.2, 0.25) is 0 Å². The first-order valence-corrected chi connectivity index (χ1v) is 11.3. The molecule has 2 N–H and O–H groups in total. The summed E-state index contributed by atoms with van der Waals surface area (Å²) in [4.78, 5) is 4.91. The van der Waals surface area contributed by atoms with E-state index in [0.717, 1.165) is 63.1 Å². The molecule has 8 heteroatoms. The van der Waals surface area contributed by atoms with Crippen LogP contribution in [0, 0.1) is 5.92 Å². The smallest absolute Gasteiger partial charge is 0.191 e. The van der Waals surface area contributed by atoms with Gasteiger partial charge in [0.25, 0.3) is 0 Å². The van der Waals surface area contributed by atoms with E-state index in [-0.39, 0.29) is 24.0 Å². The minimum atomic E-state index is -3.13. The van der Waals surface area contributed by atoms with Crippen molar-refractivity contribution in [1.82, 2.24) is 10.6 Å². The average molecular weight is 509 g/mol. The zero-order valence-electron chi connectivity index (χ0n) is 16.2. The third kappa shape index (κ3) is 10.3. The van der Waals surface area contributed by atoms with E-state index in [4.69, 9.17) is 4.74 Å². The molecule has 6 nitrogen and oxygen atoms in total. The number of sulfone groups is 1.